The lowest BCUT2D eigenvalue weighted by atomic mass is 10.0. The zero-order valence-electron chi connectivity index (χ0n) is 8.47. The van der Waals surface area contributed by atoms with E-state index in [0.29, 0.717) is 12.0 Å². The average molecular weight is 274 g/mol. The van der Waals surface area contributed by atoms with E-state index in [1.807, 2.05) is 6.92 Å². The van der Waals surface area contributed by atoms with Gasteiger partial charge in [0, 0.05) is 10.9 Å². The lowest BCUT2D eigenvalue weighted by Gasteiger charge is -2.08. The van der Waals surface area contributed by atoms with E-state index in [0.717, 1.165) is 4.47 Å². The van der Waals surface area contributed by atoms with Crippen molar-refractivity contribution in [1.29, 1.82) is 0 Å². The molecule has 0 aliphatic rings. The second-order valence-electron chi connectivity index (χ2n) is 3.39. The molecule has 0 fully saturated rings. The van der Waals surface area contributed by atoms with Crippen molar-refractivity contribution in [2.45, 2.75) is 25.8 Å². The number of hydrogen-bond donors (Lipinski definition) is 1. The number of halogens is 2. The molecule has 0 radical (unpaired) electrons. The molecular weight excluding hydrogens is 261 g/mol. The van der Waals surface area contributed by atoms with Crippen LogP contribution in [0.15, 0.2) is 22.7 Å². The van der Waals surface area contributed by atoms with E-state index in [4.69, 9.17) is 5.73 Å². The van der Waals surface area contributed by atoms with Crippen LogP contribution >= 0.6 is 15.9 Å². The highest BCUT2D eigenvalue weighted by Crippen LogP contribution is 2.16. The van der Waals surface area contributed by atoms with Crippen LogP contribution in [0.2, 0.25) is 0 Å². The molecule has 0 heterocycles. The van der Waals surface area contributed by atoms with E-state index in [9.17, 15) is 9.18 Å². The molecular formula is C11H13BrFNO. The highest BCUT2D eigenvalue weighted by Gasteiger charge is 2.14. The van der Waals surface area contributed by atoms with Gasteiger partial charge in [-0.1, -0.05) is 22.9 Å². The molecule has 15 heavy (non-hydrogen) atoms. The fraction of sp³-hybridized carbons (Fsp3) is 0.364. The van der Waals surface area contributed by atoms with Crippen LogP contribution in [0.5, 0.6) is 0 Å². The van der Waals surface area contributed by atoms with Crippen molar-refractivity contribution in [2.24, 2.45) is 5.73 Å². The molecule has 1 aromatic rings. The smallest absolute Gasteiger partial charge is 0.153 e. The molecule has 1 aromatic carbocycles. The SMILES string of the molecule is CCC(N)C(=O)Cc1cc(Br)ccc1F. The lowest BCUT2D eigenvalue weighted by Crippen LogP contribution is -2.31. The van der Waals surface area contributed by atoms with Crippen LogP contribution in [0, 0.1) is 5.82 Å². The number of ketones is 1. The Balaban J connectivity index is 2.80. The molecule has 1 unspecified atom stereocenters. The predicted molar refractivity (Wildman–Crippen MR) is 61.1 cm³/mol. The lowest BCUT2D eigenvalue weighted by molar-refractivity contribution is -0.119. The molecule has 0 aromatic heterocycles. The van der Waals surface area contributed by atoms with E-state index in [-0.39, 0.29) is 18.0 Å². The van der Waals surface area contributed by atoms with Gasteiger partial charge in [0.15, 0.2) is 5.78 Å². The van der Waals surface area contributed by atoms with Crippen LogP contribution in [0.3, 0.4) is 0 Å². The van der Waals surface area contributed by atoms with Gasteiger partial charge in [-0.05, 0) is 30.2 Å². The Morgan fingerprint density at radius 2 is 2.27 bits per heavy atom. The summed E-state index contributed by atoms with van der Waals surface area (Å²) in [6, 6.07) is 4.05. The zero-order chi connectivity index (χ0) is 11.4. The van der Waals surface area contributed by atoms with Gasteiger partial charge in [-0.2, -0.15) is 0 Å². The van der Waals surface area contributed by atoms with Crippen molar-refractivity contribution in [3.05, 3.63) is 34.1 Å². The third-order valence-corrected chi connectivity index (χ3v) is 2.72. The van der Waals surface area contributed by atoms with Crippen molar-refractivity contribution >= 4 is 21.7 Å². The Morgan fingerprint density at radius 1 is 1.60 bits per heavy atom. The highest BCUT2D eigenvalue weighted by atomic mass is 79.9. The van der Waals surface area contributed by atoms with Crippen LogP contribution in [0.25, 0.3) is 0 Å². The zero-order valence-corrected chi connectivity index (χ0v) is 10.1. The summed E-state index contributed by atoms with van der Waals surface area (Å²) < 4.78 is 14.0. The molecule has 2 N–H and O–H groups in total. The van der Waals surface area contributed by atoms with Gasteiger partial charge in [-0.15, -0.1) is 0 Å². The first kappa shape index (κ1) is 12.3. The fourth-order valence-corrected chi connectivity index (χ4v) is 1.63. The monoisotopic (exact) mass is 273 g/mol. The van der Waals surface area contributed by atoms with Gasteiger partial charge in [0.25, 0.3) is 0 Å². The van der Waals surface area contributed by atoms with Crippen molar-refractivity contribution in [3.63, 3.8) is 0 Å². The average Bonchev–Trinajstić information content (AvgIpc) is 2.22. The quantitative estimate of drug-likeness (QED) is 0.916. The second-order valence-corrected chi connectivity index (χ2v) is 4.31. The van der Waals surface area contributed by atoms with Gasteiger partial charge in [-0.25, -0.2) is 4.39 Å². The van der Waals surface area contributed by atoms with Crippen LogP contribution in [-0.4, -0.2) is 11.8 Å². The topological polar surface area (TPSA) is 43.1 Å². The summed E-state index contributed by atoms with van der Waals surface area (Å²) >= 11 is 3.23. The molecule has 0 amide bonds. The van der Waals surface area contributed by atoms with Gasteiger partial charge in [-0.3, -0.25) is 4.79 Å². The number of nitrogens with two attached hydrogens (primary N) is 1. The Labute approximate surface area is 96.8 Å². The molecule has 0 aliphatic carbocycles. The van der Waals surface area contributed by atoms with Crippen LogP contribution < -0.4 is 5.73 Å². The second kappa shape index (κ2) is 5.37. The number of hydrogen-bond acceptors (Lipinski definition) is 2. The summed E-state index contributed by atoms with van der Waals surface area (Å²) in [6.07, 6.45) is 0.634. The predicted octanol–water partition coefficient (Wildman–Crippen LogP) is 2.44. The van der Waals surface area contributed by atoms with Crippen molar-refractivity contribution < 1.29 is 9.18 Å². The minimum Gasteiger partial charge on any atom is -0.322 e. The van der Waals surface area contributed by atoms with E-state index < -0.39 is 6.04 Å². The maximum absolute atomic E-state index is 13.3. The van der Waals surface area contributed by atoms with Gasteiger partial charge < -0.3 is 5.73 Å². The minimum absolute atomic E-state index is 0.0558. The number of Topliss-reactive ketones (excluding diaryl/α,β-unsaturated/α-hetero) is 1. The van der Waals surface area contributed by atoms with Crippen LogP contribution in [0.4, 0.5) is 4.39 Å². The van der Waals surface area contributed by atoms with Crippen LogP contribution in [-0.2, 0) is 11.2 Å². The van der Waals surface area contributed by atoms with Crippen molar-refractivity contribution in [1.82, 2.24) is 0 Å². The number of carbonyl (C=O) groups is 1. The van der Waals surface area contributed by atoms with Crippen molar-refractivity contribution in [2.75, 3.05) is 0 Å². The van der Waals surface area contributed by atoms with Gasteiger partial charge in [0.2, 0.25) is 0 Å². The standard InChI is InChI=1S/C11H13BrFNO/c1-2-10(14)11(15)6-7-5-8(12)3-4-9(7)13/h3-5,10H,2,6,14H2,1H3. The van der Waals surface area contributed by atoms with E-state index in [2.05, 4.69) is 15.9 Å². The number of rotatable bonds is 4. The molecule has 0 saturated heterocycles. The van der Waals surface area contributed by atoms with Crippen LogP contribution in [0.1, 0.15) is 18.9 Å². The third-order valence-electron chi connectivity index (χ3n) is 2.23. The molecule has 0 aliphatic heterocycles. The summed E-state index contributed by atoms with van der Waals surface area (Å²) in [5.41, 5.74) is 5.96. The highest BCUT2D eigenvalue weighted by molar-refractivity contribution is 9.10. The summed E-state index contributed by atoms with van der Waals surface area (Å²) in [5, 5.41) is 0. The summed E-state index contributed by atoms with van der Waals surface area (Å²) in [5.74, 6) is -0.496. The van der Waals surface area contributed by atoms with E-state index in [1.54, 1.807) is 12.1 Å². The molecule has 0 bridgehead atoms. The first-order valence-electron chi connectivity index (χ1n) is 4.76. The van der Waals surface area contributed by atoms with Gasteiger partial charge >= 0.3 is 0 Å². The largest absolute Gasteiger partial charge is 0.322 e. The summed E-state index contributed by atoms with van der Waals surface area (Å²) in [6.45, 7) is 1.83. The Kier molecular flexibility index (Phi) is 4.42. The molecule has 1 rings (SSSR count). The van der Waals surface area contributed by atoms with Crippen molar-refractivity contribution in [3.8, 4) is 0 Å². The maximum Gasteiger partial charge on any atom is 0.153 e. The number of carbonyl (C=O) groups excluding carboxylic acids is 1. The van der Waals surface area contributed by atoms with Gasteiger partial charge in [0.1, 0.15) is 5.82 Å². The van der Waals surface area contributed by atoms with E-state index >= 15 is 0 Å². The summed E-state index contributed by atoms with van der Waals surface area (Å²) in [7, 11) is 0. The maximum atomic E-state index is 13.3. The molecule has 0 saturated carbocycles. The first-order valence-corrected chi connectivity index (χ1v) is 5.56. The summed E-state index contributed by atoms with van der Waals surface area (Å²) in [4.78, 5) is 11.5. The molecule has 4 heteroatoms. The Morgan fingerprint density at radius 3 is 2.87 bits per heavy atom. The number of benzene rings is 1. The minimum atomic E-state index is -0.497. The Bertz CT molecular complexity index is 368. The Hall–Kier alpha value is -0.740. The molecule has 82 valence electrons. The fourth-order valence-electron chi connectivity index (χ4n) is 1.23. The molecule has 1 atom stereocenters. The normalized spacial score (nSPS) is 12.5. The first-order chi connectivity index (χ1) is 7.04. The molecule has 2 nitrogen and oxygen atoms in total. The third kappa shape index (κ3) is 3.39. The molecule has 0 spiro atoms. The van der Waals surface area contributed by atoms with Gasteiger partial charge in [0.05, 0.1) is 6.04 Å². The van der Waals surface area contributed by atoms with E-state index in [1.165, 1.54) is 6.07 Å².